The molecule has 4 unspecified atom stereocenters. The molecule has 29 heavy (non-hydrogen) atoms. The standard InChI is InChI=1S/C17H28O8.CH2O3/c1(13-5-22-13)18-9-17(10-19-2-14-6-23-14,11-20-3-15-7-24-15)12-21-4-16-8-25-16;2-1(3)4/h13-16H,1-12H2;(H2,2,3,4). The van der Waals surface area contributed by atoms with E-state index in [2.05, 4.69) is 0 Å². The van der Waals surface area contributed by atoms with E-state index in [0.717, 1.165) is 26.4 Å². The van der Waals surface area contributed by atoms with Crippen LogP contribution >= 0.6 is 0 Å². The van der Waals surface area contributed by atoms with Gasteiger partial charge in [0.25, 0.3) is 0 Å². The fourth-order valence-electron chi connectivity index (χ4n) is 2.53. The van der Waals surface area contributed by atoms with Crippen LogP contribution in [0.25, 0.3) is 0 Å². The van der Waals surface area contributed by atoms with Gasteiger partial charge in [0.05, 0.1) is 84.7 Å². The van der Waals surface area contributed by atoms with Gasteiger partial charge in [-0.25, -0.2) is 4.79 Å². The summed E-state index contributed by atoms with van der Waals surface area (Å²) < 4.78 is 44.4. The van der Waals surface area contributed by atoms with Crippen LogP contribution in [0.1, 0.15) is 0 Å². The molecule has 4 aliphatic heterocycles. The molecule has 4 fully saturated rings. The van der Waals surface area contributed by atoms with Crippen LogP contribution in [0.2, 0.25) is 0 Å². The van der Waals surface area contributed by atoms with Gasteiger partial charge in [-0.05, 0) is 0 Å². The van der Waals surface area contributed by atoms with Crippen LogP contribution in [0.5, 0.6) is 0 Å². The highest BCUT2D eigenvalue weighted by Crippen LogP contribution is 2.24. The highest BCUT2D eigenvalue weighted by molar-refractivity contribution is 5.53. The lowest BCUT2D eigenvalue weighted by molar-refractivity contribution is -0.111. The van der Waals surface area contributed by atoms with Crippen molar-refractivity contribution in [2.45, 2.75) is 24.4 Å². The molecule has 11 nitrogen and oxygen atoms in total. The molecule has 0 radical (unpaired) electrons. The molecule has 11 heteroatoms. The maximum atomic E-state index is 8.56. The van der Waals surface area contributed by atoms with Crippen molar-refractivity contribution in [3.8, 4) is 0 Å². The van der Waals surface area contributed by atoms with Crippen molar-refractivity contribution >= 4 is 6.16 Å². The maximum absolute atomic E-state index is 8.56. The minimum Gasteiger partial charge on any atom is -0.450 e. The molecule has 0 aromatic heterocycles. The van der Waals surface area contributed by atoms with E-state index >= 15 is 0 Å². The Labute approximate surface area is 169 Å². The zero-order chi connectivity index (χ0) is 20.5. The van der Waals surface area contributed by atoms with Gasteiger partial charge in [0.2, 0.25) is 0 Å². The van der Waals surface area contributed by atoms with E-state index in [1.165, 1.54) is 0 Å². The predicted molar refractivity (Wildman–Crippen MR) is 95.3 cm³/mol. The zero-order valence-corrected chi connectivity index (χ0v) is 16.4. The van der Waals surface area contributed by atoms with Crippen molar-refractivity contribution in [1.29, 1.82) is 0 Å². The Balaban J connectivity index is 0.000000552. The molecule has 168 valence electrons. The number of ether oxygens (including phenoxy) is 8. The first-order chi connectivity index (χ1) is 14.0. The Morgan fingerprint density at radius 2 is 0.862 bits per heavy atom. The summed E-state index contributed by atoms with van der Waals surface area (Å²) in [6.07, 6.45) is -0.889. The molecule has 4 aliphatic rings. The maximum Gasteiger partial charge on any atom is 0.503 e. The van der Waals surface area contributed by atoms with E-state index in [9.17, 15) is 0 Å². The summed E-state index contributed by atoms with van der Waals surface area (Å²) in [4.78, 5) is 8.56. The van der Waals surface area contributed by atoms with Crippen molar-refractivity contribution in [2.24, 2.45) is 5.41 Å². The first kappa shape index (κ1) is 22.6. The summed E-state index contributed by atoms with van der Waals surface area (Å²) >= 11 is 0. The van der Waals surface area contributed by atoms with Crippen LogP contribution in [-0.4, -0.2) is 120 Å². The Morgan fingerprint density at radius 3 is 1.03 bits per heavy atom. The van der Waals surface area contributed by atoms with Gasteiger partial charge >= 0.3 is 6.16 Å². The molecule has 0 aromatic rings. The number of epoxide rings is 4. The van der Waals surface area contributed by atoms with Crippen molar-refractivity contribution in [3.63, 3.8) is 0 Å². The second-order valence-electron chi connectivity index (χ2n) is 7.66. The van der Waals surface area contributed by atoms with Gasteiger partial charge in [-0.15, -0.1) is 0 Å². The average molecular weight is 422 g/mol. The van der Waals surface area contributed by atoms with Crippen molar-refractivity contribution in [2.75, 3.05) is 79.3 Å². The minimum atomic E-state index is -1.83. The van der Waals surface area contributed by atoms with E-state index in [-0.39, 0.29) is 29.8 Å². The van der Waals surface area contributed by atoms with Gasteiger partial charge in [0.15, 0.2) is 0 Å². The molecule has 4 atom stereocenters. The predicted octanol–water partition coefficient (Wildman–Crippen LogP) is -0.143. The van der Waals surface area contributed by atoms with Crippen molar-refractivity contribution in [1.82, 2.24) is 0 Å². The van der Waals surface area contributed by atoms with E-state index in [0.29, 0.717) is 52.9 Å². The molecular weight excluding hydrogens is 392 g/mol. The second kappa shape index (κ2) is 11.4. The number of carboxylic acid groups (broad SMARTS) is 2. The fourth-order valence-corrected chi connectivity index (χ4v) is 2.53. The van der Waals surface area contributed by atoms with Gasteiger partial charge < -0.3 is 48.1 Å². The molecule has 0 aliphatic carbocycles. The lowest BCUT2D eigenvalue weighted by Crippen LogP contribution is -2.43. The number of rotatable bonds is 16. The zero-order valence-electron chi connectivity index (χ0n) is 16.4. The number of hydrogen-bond donors (Lipinski definition) is 2. The van der Waals surface area contributed by atoms with Crippen LogP contribution in [0.15, 0.2) is 0 Å². The van der Waals surface area contributed by atoms with Gasteiger partial charge in [-0.1, -0.05) is 0 Å². The Hall–Kier alpha value is -1.05. The third-order valence-corrected chi connectivity index (χ3v) is 4.46. The molecule has 0 amide bonds. The van der Waals surface area contributed by atoms with Gasteiger partial charge in [-0.3, -0.25) is 0 Å². The molecule has 4 rings (SSSR count). The van der Waals surface area contributed by atoms with E-state index in [1.54, 1.807) is 0 Å². The normalized spacial score (nSPS) is 30.6. The van der Waals surface area contributed by atoms with Crippen LogP contribution in [0.4, 0.5) is 4.79 Å². The summed E-state index contributed by atoms with van der Waals surface area (Å²) in [6.45, 7) is 7.59. The summed E-state index contributed by atoms with van der Waals surface area (Å²) in [6, 6.07) is 0. The van der Waals surface area contributed by atoms with Gasteiger partial charge in [-0.2, -0.15) is 0 Å². The summed E-state index contributed by atoms with van der Waals surface area (Å²) in [5, 5.41) is 13.9. The molecule has 4 saturated heterocycles. The van der Waals surface area contributed by atoms with Gasteiger partial charge in [0, 0.05) is 0 Å². The van der Waals surface area contributed by atoms with E-state index in [1.807, 2.05) is 0 Å². The smallest absolute Gasteiger partial charge is 0.450 e. The number of hydrogen-bond acceptors (Lipinski definition) is 9. The van der Waals surface area contributed by atoms with Crippen molar-refractivity contribution in [3.05, 3.63) is 0 Å². The summed E-state index contributed by atoms with van der Waals surface area (Å²) in [5.41, 5.74) is -0.354. The molecule has 0 spiro atoms. The third-order valence-electron chi connectivity index (χ3n) is 4.46. The van der Waals surface area contributed by atoms with E-state index in [4.69, 9.17) is 52.9 Å². The molecule has 4 heterocycles. The van der Waals surface area contributed by atoms with Crippen LogP contribution in [-0.2, 0) is 37.9 Å². The highest BCUT2D eigenvalue weighted by Gasteiger charge is 2.36. The lowest BCUT2D eigenvalue weighted by atomic mass is 9.92. The second-order valence-corrected chi connectivity index (χ2v) is 7.66. The van der Waals surface area contributed by atoms with Gasteiger partial charge in [0.1, 0.15) is 24.4 Å². The van der Waals surface area contributed by atoms with E-state index < -0.39 is 6.16 Å². The quantitative estimate of drug-likeness (QED) is 0.321. The number of carbonyl (C=O) groups is 1. The monoisotopic (exact) mass is 422 g/mol. The average Bonchev–Trinajstić information content (AvgIpc) is 3.50. The molecule has 0 bridgehead atoms. The van der Waals surface area contributed by atoms with Crippen LogP contribution in [0.3, 0.4) is 0 Å². The minimum absolute atomic E-state index is 0.236. The lowest BCUT2D eigenvalue weighted by Gasteiger charge is -2.32. The third kappa shape index (κ3) is 11.1. The van der Waals surface area contributed by atoms with Crippen LogP contribution in [0, 0.1) is 5.41 Å². The largest absolute Gasteiger partial charge is 0.503 e. The summed E-state index contributed by atoms with van der Waals surface area (Å²) in [7, 11) is 0. The van der Waals surface area contributed by atoms with Crippen LogP contribution < -0.4 is 0 Å². The topological polar surface area (TPSA) is 145 Å². The highest BCUT2D eigenvalue weighted by atomic mass is 16.6. The fraction of sp³-hybridized carbons (Fsp3) is 0.944. The first-order valence-electron chi connectivity index (χ1n) is 9.74. The van der Waals surface area contributed by atoms with Crippen molar-refractivity contribution < 1.29 is 52.9 Å². The molecule has 0 aromatic carbocycles. The Morgan fingerprint density at radius 1 is 0.655 bits per heavy atom. The Kier molecular flexibility index (Phi) is 8.87. The summed E-state index contributed by atoms with van der Waals surface area (Å²) in [5.74, 6) is 0. The Bertz CT molecular complexity index is 405. The first-order valence-corrected chi connectivity index (χ1v) is 9.74. The molecule has 2 N–H and O–H groups in total. The SMILES string of the molecule is C(OCC(COCC1CO1)(COCC1CO1)COCC1CO1)C1CO1.O=C(O)O. The molecular formula is C18H30O11. The molecule has 0 saturated carbocycles.